The molecule has 0 aliphatic heterocycles. The zero-order valence-corrected chi connectivity index (χ0v) is 28.4. The van der Waals surface area contributed by atoms with Crippen LogP contribution in [0, 0.1) is 6.92 Å². The Morgan fingerprint density at radius 3 is 1.67 bits per heavy atom. The summed E-state index contributed by atoms with van der Waals surface area (Å²) in [5.41, 5.74) is 15.3. The highest BCUT2D eigenvalue weighted by Gasteiger charge is 2.23. The van der Waals surface area contributed by atoms with Gasteiger partial charge in [-0.2, -0.15) is 0 Å². The van der Waals surface area contributed by atoms with Gasteiger partial charge in [0.05, 0.1) is 28.1 Å². The average molecular weight is 653 g/mol. The first-order valence-electron chi connectivity index (χ1n) is 17.5. The molecule has 0 bridgehead atoms. The molecular formula is C49H36N2. The number of anilines is 3. The van der Waals surface area contributed by atoms with E-state index in [1.807, 2.05) is 0 Å². The van der Waals surface area contributed by atoms with Crippen molar-refractivity contribution in [2.24, 2.45) is 0 Å². The van der Waals surface area contributed by atoms with Crippen molar-refractivity contribution >= 4 is 38.9 Å². The summed E-state index contributed by atoms with van der Waals surface area (Å²) in [5, 5.41) is 2.42. The summed E-state index contributed by atoms with van der Waals surface area (Å²) < 4.78 is 2.45. The normalized spacial score (nSPS) is 11.2. The fourth-order valence-electron chi connectivity index (χ4n) is 7.46. The Labute approximate surface area is 299 Å². The van der Waals surface area contributed by atoms with Gasteiger partial charge in [0.15, 0.2) is 0 Å². The molecule has 1 aromatic heterocycles. The van der Waals surface area contributed by atoms with Crippen molar-refractivity contribution in [2.75, 3.05) is 4.90 Å². The van der Waals surface area contributed by atoms with E-state index < -0.39 is 0 Å². The maximum atomic E-state index is 2.45. The Kier molecular flexibility index (Phi) is 7.75. The number of rotatable bonds is 7. The van der Waals surface area contributed by atoms with Crippen LogP contribution in [0.25, 0.3) is 60.9 Å². The lowest BCUT2D eigenvalue weighted by Gasteiger charge is -2.29. The molecule has 51 heavy (non-hydrogen) atoms. The van der Waals surface area contributed by atoms with Gasteiger partial charge in [-0.15, -0.1) is 0 Å². The van der Waals surface area contributed by atoms with Crippen molar-refractivity contribution in [3.8, 4) is 39.1 Å². The third kappa shape index (κ3) is 5.48. The monoisotopic (exact) mass is 652 g/mol. The van der Waals surface area contributed by atoms with Crippen LogP contribution < -0.4 is 4.90 Å². The molecule has 0 amide bonds. The minimum atomic E-state index is 1.10. The average Bonchev–Trinajstić information content (AvgIpc) is 3.54. The quantitative estimate of drug-likeness (QED) is 0.166. The van der Waals surface area contributed by atoms with E-state index in [0.29, 0.717) is 0 Å². The third-order valence-electron chi connectivity index (χ3n) is 9.89. The SMILES string of the molecule is Cc1ccc(-c2ccccc2-n2c3ccccc3c3c(N(c4ccc(-c5ccccc5)cc4)c4ccccc4-c4ccccc4)cccc32)cc1. The Balaban J connectivity index is 1.32. The molecule has 0 fully saturated rings. The number of aromatic nitrogens is 1. The topological polar surface area (TPSA) is 8.17 Å². The second kappa shape index (κ2) is 13.0. The third-order valence-corrected chi connectivity index (χ3v) is 9.89. The summed E-state index contributed by atoms with van der Waals surface area (Å²) in [5.74, 6) is 0. The van der Waals surface area contributed by atoms with Gasteiger partial charge in [0.25, 0.3) is 0 Å². The van der Waals surface area contributed by atoms with Crippen LogP contribution >= 0.6 is 0 Å². The predicted octanol–water partition coefficient (Wildman–Crippen LogP) is 13.6. The minimum Gasteiger partial charge on any atom is -0.309 e. The molecule has 0 saturated heterocycles. The second-order valence-electron chi connectivity index (χ2n) is 13.0. The number of fused-ring (bicyclic) bond motifs is 3. The molecule has 0 unspecified atom stereocenters. The van der Waals surface area contributed by atoms with Crippen LogP contribution in [-0.2, 0) is 0 Å². The standard InChI is InChI=1S/C49H36N2/c1-35-27-29-39(30-28-35)42-20-9-12-23-45(42)51-46-24-13-10-21-43(46)49-47(25-14-26-48(49)51)50(40-33-31-37(32-34-40)36-15-4-2-5-16-36)44-22-11-8-19-41(44)38-17-6-3-7-18-38/h2-34H,1H3. The Morgan fingerprint density at radius 1 is 0.373 bits per heavy atom. The predicted molar refractivity (Wildman–Crippen MR) is 217 cm³/mol. The molecule has 0 saturated carbocycles. The van der Waals surface area contributed by atoms with Gasteiger partial charge >= 0.3 is 0 Å². The van der Waals surface area contributed by atoms with Crippen LogP contribution in [0.3, 0.4) is 0 Å². The van der Waals surface area contributed by atoms with Crippen LogP contribution in [0.2, 0.25) is 0 Å². The zero-order valence-electron chi connectivity index (χ0n) is 28.4. The lowest BCUT2D eigenvalue weighted by Crippen LogP contribution is -2.11. The first-order valence-corrected chi connectivity index (χ1v) is 17.5. The molecule has 0 spiro atoms. The van der Waals surface area contributed by atoms with Crippen LogP contribution in [0.4, 0.5) is 17.1 Å². The van der Waals surface area contributed by atoms with Gasteiger partial charge < -0.3 is 9.47 Å². The number of benzene rings is 8. The fourth-order valence-corrected chi connectivity index (χ4v) is 7.46. The van der Waals surface area contributed by atoms with Crippen molar-refractivity contribution in [3.05, 3.63) is 206 Å². The number of hydrogen-bond acceptors (Lipinski definition) is 1. The van der Waals surface area contributed by atoms with Crippen molar-refractivity contribution in [3.63, 3.8) is 0 Å². The summed E-state index contributed by atoms with van der Waals surface area (Å²) in [6.45, 7) is 2.14. The van der Waals surface area contributed by atoms with E-state index in [4.69, 9.17) is 0 Å². The highest BCUT2D eigenvalue weighted by Crippen LogP contribution is 2.47. The van der Waals surface area contributed by atoms with E-state index >= 15 is 0 Å². The lowest BCUT2D eigenvalue weighted by atomic mass is 10.00. The van der Waals surface area contributed by atoms with Crippen LogP contribution in [-0.4, -0.2) is 4.57 Å². The summed E-state index contributed by atoms with van der Waals surface area (Å²) in [6, 6.07) is 72.3. The van der Waals surface area contributed by atoms with Gasteiger partial charge in [0.1, 0.15) is 0 Å². The van der Waals surface area contributed by atoms with Gasteiger partial charge in [-0.3, -0.25) is 0 Å². The molecule has 9 rings (SSSR count). The molecule has 0 aliphatic carbocycles. The van der Waals surface area contributed by atoms with E-state index in [1.165, 1.54) is 55.2 Å². The van der Waals surface area contributed by atoms with E-state index in [9.17, 15) is 0 Å². The van der Waals surface area contributed by atoms with E-state index in [1.54, 1.807) is 0 Å². The Hall–Kier alpha value is -6.64. The number of nitrogens with zero attached hydrogens (tertiary/aromatic N) is 2. The lowest BCUT2D eigenvalue weighted by molar-refractivity contribution is 1.18. The highest BCUT2D eigenvalue weighted by atomic mass is 15.2. The van der Waals surface area contributed by atoms with E-state index in [2.05, 4.69) is 217 Å². The van der Waals surface area contributed by atoms with Crippen LogP contribution in [0.15, 0.2) is 200 Å². The Morgan fingerprint density at radius 2 is 0.902 bits per heavy atom. The molecule has 0 atom stereocenters. The van der Waals surface area contributed by atoms with Gasteiger partial charge in [-0.05, 0) is 71.6 Å². The van der Waals surface area contributed by atoms with E-state index in [-0.39, 0.29) is 0 Å². The molecule has 9 aromatic rings. The number of hydrogen-bond donors (Lipinski definition) is 0. The molecular weight excluding hydrogens is 617 g/mol. The maximum absolute atomic E-state index is 2.45. The fraction of sp³-hybridized carbons (Fsp3) is 0.0204. The minimum absolute atomic E-state index is 1.10. The Bertz CT molecular complexity index is 2620. The van der Waals surface area contributed by atoms with Gasteiger partial charge in [0, 0.05) is 27.6 Å². The summed E-state index contributed by atoms with van der Waals surface area (Å²) in [4.78, 5) is 2.45. The second-order valence-corrected chi connectivity index (χ2v) is 13.0. The van der Waals surface area contributed by atoms with E-state index in [0.717, 1.165) is 28.3 Å². The van der Waals surface area contributed by atoms with Crippen molar-refractivity contribution in [2.45, 2.75) is 6.92 Å². The molecule has 2 heteroatoms. The largest absolute Gasteiger partial charge is 0.309 e. The highest BCUT2D eigenvalue weighted by molar-refractivity contribution is 6.17. The summed E-state index contributed by atoms with van der Waals surface area (Å²) in [6.07, 6.45) is 0. The maximum Gasteiger partial charge on any atom is 0.0562 e. The van der Waals surface area contributed by atoms with Gasteiger partial charge in [-0.25, -0.2) is 0 Å². The first-order chi connectivity index (χ1) is 25.2. The first kappa shape index (κ1) is 30.4. The molecule has 8 aromatic carbocycles. The summed E-state index contributed by atoms with van der Waals surface area (Å²) in [7, 11) is 0. The molecule has 0 aliphatic rings. The molecule has 0 radical (unpaired) electrons. The van der Waals surface area contributed by atoms with Gasteiger partial charge in [0.2, 0.25) is 0 Å². The molecule has 1 heterocycles. The van der Waals surface area contributed by atoms with Crippen molar-refractivity contribution in [1.29, 1.82) is 0 Å². The van der Waals surface area contributed by atoms with Crippen molar-refractivity contribution < 1.29 is 0 Å². The van der Waals surface area contributed by atoms with Crippen LogP contribution in [0.5, 0.6) is 0 Å². The van der Waals surface area contributed by atoms with Crippen LogP contribution in [0.1, 0.15) is 5.56 Å². The number of aryl methyl sites for hydroxylation is 1. The summed E-state index contributed by atoms with van der Waals surface area (Å²) >= 11 is 0. The number of para-hydroxylation sites is 3. The molecule has 2 nitrogen and oxygen atoms in total. The van der Waals surface area contributed by atoms with Gasteiger partial charge in [-0.1, -0.05) is 163 Å². The molecule has 242 valence electrons. The van der Waals surface area contributed by atoms with Crippen molar-refractivity contribution in [1.82, 2.24) is 4.57 Å². The molecule has 0 N–H and O–H groups in total. The zero-order chi connectivity index (χ0) is 34.1. The smallest absolute Gasteiger partial charge is 0.0562 e.